The van der Waals surface area contributed by atoms with E-state index in [0.717, 1.165) is 11.7 Å². The molecule has 1 aliphatic carbocycles. The SMILES string of the molecule is CNC(CCC1CCCCC1)c1ccc(Cl)c(OC)c1. The fourth-order valence-corrected chi connectivity index (χ4v) is 3.44. The highest BCUT2D eigenvalue weighted by atomic mass is 35.5. The molecule has 0 heterocycles. The second-order valence-electron chi connectivity index (χ2n) is 5.82. The molecule has 0 aromatic heterocycles. The molecule has 0 aliphatic heterocycles. The maximum atomic E-state index is 6.10. The molecule has 1 atom stereocenters. The van der Waals surface area contributed by atoms with Crippen molar-refractivity contribution in [2.45, 2.75) is 51.0 Å². The average Bonchev–Trinajstić information content (AvgIpc) is 2.50. The van der Waals surface area contributed by atoms with Crippen molar-refractivity contribution in [3.05, 3.63) is 28.8 Å². The predicted molar refractivity (Wildman–Crippen MR) is 85.6 cm³/mol. The number of rotatable bonds is 6. The molecule has 1 N–H and O–H groups in total. The Labute approximate surface area is 127 Å². The molecule has 0 amide bonds. The summed E-state index contributed by atoms with van der Waals surface area (Å²) in [4.78, 5) is 0. The van der Waals surface area contributed by atoms with E-state index in [1.165, 1.54) is 50.5 Å². The van der Waals surface area contributed by atoms with Crippen molar-refractivity contribution in [2.24, 2.45) is 5.92 Å². The number of nitrogens with one attached hydrogen (secondary N) is 1. The van der Waals surface area contributed by atoms with Crippen LogP contribution in [0.3, 0.4) is 0 Å². The van der Waals surface area contributed by atoms with Gasteiger partial charge in [-0.25, -0.2) is 0 Å². The summed E-state index contributed by atoms with van der Waals surface area (Å²) in [5.41, 5.74) is 1.27. The van der Waals surface area contributed by atoms with E-state index in [1.807, 2.05) is 13.1 Å². The summed E-state index contributed by atoms with van der Waals surface area (Å²) in [6, 6.07) is 6.49. The minimum atomic E-state index is 0.392. The van der Waals surface area contributed by atoms with E-state index in [4.69, 9.17) is 16.3 Å². The zero-order chi connectivity index (χ0) is 14.4. The van der Waals surface area contributed by atoms with Crippen LogP contribution in [-0.4, -0.2) is 14.2 Å². The number of halogens is 1. The highest BCUT2D eigenvalue weighted by Gasteiger charge is 2.17. The van der Waals surface area contributed by atoms with Crippen LogP contribution < -0.4 is 10.1 Å². The highest BCUT2D eigenvalue weighted by Crippen LogP contribution is 2.32. The predicted octanol–water partition coefficient (Wildman–Crippen LogP) is 4.97. The Hall–Kier alpha value is -0.730. The summed E-state index contributed by atoms with van der Waals surface area (Å²) < 4.78 is 5.32. The molecule has 20 heavy (non-hydrogen) atoms. The molecule has 0 spiro atoms. The Kier molecular flexibility index (Phi) is 6.18. The van der Waals surface area contributed by atoms with E-state index in [-0.39, 0.29) is 0 Å². The normalized spacial score (nSPS) is 17.9. The Bertz CT molecular complexity index is 415. The molecule has 1 saturated carbocycles. The number of hydrogen-bond donors (Lipinski definition) is 1. The molecule has 0 saturated heterocycles. The van der Waals surface area contributed by atoms with Crippen LogP contribution in [0.5, 0.6) is 5.75 Å². The zero-order valence-electron chi connectivity index (χ0n) is 12.6. The van der Waals surface area contributed by atoms with Crippen LogP contribution in [0.1, 0.15) is 56.6 Å². The third kappa shape index (κ3) is 4.13. The molecule has 1 aromatic carbocycles. The first-order chi connectivity index (χ1) is 9.74. The van der Waals surface area contributed by atoms with Gasteiger partial charge in [0.2, 0.25) is 0 Å². The van der Waals surface area contributed by atoms with E-state index in [9.17, 15) is 0 Å². The number of ether oxygens (including phenoxy) is 1. The van der Waals surface area contributed by atoms with Crippen molar-refractivity contribution in [3.63, 3.8) is 0 Å². The van der Waals surface area contributed by atoms with E-state index < -0.39 is 0 Å². The van der Waals surface area contributed by atoms with Crippen molar-refractivity contribution < 1.29 is 4.74 Å². The Morgan fingerprint density at radius 2 is 2.05 bits per heavy atom. The molecule has 0 radical (unpaired) electrons. The topological polar surface area (TPSA) is 21.3 Å². The summed E-state index contributed by atoms with van der Waals surface area (Å²) in [5, 5.41) is 4.11. The van der Waals surface area contributed by atoms with Crippen LogP contribution in [0.2, 0.25) is 5.02 Å². The van der Waals surface area contributed by atoms with Crippen LogP contribution in [0.25, 0.3) is 0 Å². The maximum absolute atomic E-state index is 6.10. The third-order valence-corrected chi connectivity index (χ3v) is 4.83. The molecule has 3 heteroatoms. The summed E-state index contributed by atoms with van der Waals surface area (Å²) in [6.07, 6.45) is 9.61. The molecular weight excluding hydrogens is 270 g/mol. The first-order valence-corrected chi connectivity index (χ1v) is 8.13. The highest BCUT2D eigenvalue weighted by molar-refractivity contribution is 6.32. The average molecular weight is 296 g/mol. The lowest BCUT2D eigenvalue weighted by Crippen LogP contribution is -2.18. The fourth-order valence-electron chi connectivity index (χ4n) is 3.25. The fraction of sp³-hybridized carbons (Fsp3) is 0.647. The van der Waals surface area contributed by atoms with Crippen LogP contribution in [0.15, 0.2) is 18.2 Å². The third-order valence-electron chi connectivity index (χ3n) is 4.51. The Morgan fingerprint density at radius 1 is 1.30 bits per heavy atom. The number of methoxy groups -OCH3 is 1. The van der Waals surface area contributed by atoms with Gasteiger partial charge in [-0.1, -0.05) is 49.8 Å². The molecule has 1 aliphatic rings. The van der Waals surface area contributed by atoms with Crippen LogP contribution in [0.4, 0.5) is 0 Å². The van der Waals surface area contributed by atoms with Crippen LogP contribution in [-0.2, 0) is 0 Å². The van der Waals surface area contributed by atoms with E-state index >= 15 is 0 Å². The van der Waals surface area contributed by atoms with Gasteiger partial charge in [-0.3, -0.25) is 0 Å². The largest absolute Gasteiger partial charge is 0.495 e. The van der Waals surface area contributed by atoms with E-state index in [0.29, 0.717) is 11.1 Å². The van der Waals surface area contributed by atoms with Gasteiger partial charge in [-0.2, -0.15) is 0 Å². The van der Waals surface area contributed by atoms with Gasteiger partial charge < -0.3 is 10.1 Å². The number of benzene rings is 1. The van der Waals surface area contributed by atoms with Crippen molar-refractivity contribution in [1.29, 1.82) is 0 Å². The van der Waals surface area contributed by atoms with Gasteiger partial charge in [0.05, 0.1) is 12.1 Å². The van der Waals surface area contributed by atoms with Crippen molar-refractivity contribution in [3.8, 4) is 5.75 Å². The smallest absolute Gasteiger partial charge is 0.137 e. The molecule has 1 aromatic rings. The van der Waals surface area contributed by atoms with Gasteiger partial charge in [0, 0.05) is 6.04 Å². The summed E-state index contributed by atoms with van der Waals surface area (Å²) in [6.45, 7) is 0. The van der Waals surface area contributed by atoms with E-state index in [1.54, 1.807) is 7.11 Å². The van der Waals surface area contributed by atoms with Crippen molar-refractivity contribution in [2.75, 3.05) is 14.2 Å². The molecule has 1 unspecified atom stereocenters. The lowest BCUT2D eigenvalue weighted by Gasteiger charge is -2.24. The Balaban J connectivity index is 1.96. The van der Waals surface area contributed by atoms with Gasteiger partial charge in [0.15, 0.2) is 0 Å². The monoisotopic (exact) mass is 295 g/mol. The van der Waals surface area contributed by atoms with Gasteiger partial charge in [0.1, 0.15) is 5.75 Å². The molecular formula is C17H26ClNO. The second kappa shape index (κ2) is 7.90. The van der Waals surface area contributed by atoms with Crippen LogP contribution >= 0.6 is 11.6 Å². The van der Waals surface area contributed by atoms with Gasteiger partial charge in [0.25, 0.3) is 0 Å². The first-order valence-electron chi connectivity index (χ1n) is 7.75. The van der Waals surface area contributed by atoms with Gasteiger partial charge >= 0.3 is 0 Å². The standard InChI is InChI=1S/C17H26ClNO/c1-19-16(11-8-13-6-4-3-5-7-13)14-9-10-15(18)17(12-14)20-2/h9-10,12-13,16,19H,3-8,11H2,1-2H3. The minimum Gasteiger partial charge on any atom is -0.495 e. The van der Waals surface area contributed by atoms with Crippen LogP contribution in [0, 0.1) is 5.92 Å². The minimum absolute atomic E-state index is 0.392. The summed E-state index contributed by atoms with van der Waals surface area (Å²) in [7, 11) is 3.70. The molecule has 0 bridgehead atoms. The van der Waals surface area contributed by atoms with Gasteiger partial charge in [-0.05, 0) is 43.5 Å². The molecule has 2 rings (SSSR count). The Morgan fingerprint density at radius 3 is 2.70 bits per heavy atom. The molecule has 1 fully saturated rings. The first kappa shape index (κ1) is 15.7. The van der Waals surface area contributed by atoms with Crippen molar-refractivity contribution >= 4 is 11.6 Å². The molecule has 112 valence electrons. The quantitative estimate of drug-likeness (QED) is 0.800. The van der Waals surface area contributed by atoms with Gasteiger partial charge in [-0.15, -0.1) is 0 Å². The summed E-state index contributed by atoms with van der Waals surface area (Å²) in [5.74, 6) is 1.69. The summed E-state index contributed by atoms with van der Waals surface area (Å²) >= 11 is 6.10. The lowest BCUT2D eigenvalue weighted by atomic mass is 9.84. The molecule has 2 nitrogen and oxygen atoms in total. The maximum Gasteiger partial charge on any atom is 0.137 e. The lowest BCUT2D eigenvalue weighted by molar-refractivity contribution is 0.317. The van der Waals surface area contributed by atoms with Crippen molar-refractivity contribution in [1.82, 2.24) is 5.32 Å². The number of hydrogen-bond acceptors (Lipinski definition) is 2. The zero-order valence-corrected chi connectivity index (χ0v) is 13.4. The van der Waals surface area contributed by atoms with E-state index in [2.05, 4.69) is 17.4 Å². The second-order valence-corrected chi connectivity index (χ2v) is 6.22.